The third-order valence-corrected chi connectivity index (χ3v) is 8.49. The van der Waals surface area contributed by atoms with Gasteiger partial charge >= 0.3 is 0 Å². The highest BCUT2D eigenvalue weighted by atomic mass is 32.1. The average molecular weight is 542 g/mol. The zero-order valence-electron chi connectivity index (χ0n) is 22.5. The predicted octanol–water partition coefficient (Wildman–Crippen LogP) is 7.38. The van der Waals surface area contributed by atoms with Crippen LogP contribution in [0.25, 0.3) is 0 Å². The highest BCUT2D eigenvalue weighted by molar-refractivity contribution is 7.09. The van der Waals surface area contributed by atoms with Crippen LogP contribution in [0.4, 0.5) is 4.39 Å². The van der Waals surface area contributed by atoms with Crippen molar-refractivity contribution in [1.29, 1.82) is 0 Å². The fourth-order valence-electron chi connectivity index (χ4n) is 5.32. The smallest absolute Gasteiger partial charge is 0.273 e. The Morgan fingerprint density at radius 1 is 0.949 bits per heavy atom. The number of rotatable bonds is 10. The number of halogens is 1. The quantitative estimate of drug-likeness (QED) is 0.210. The van der Waals surface area contributed by atoms with Crippen molar-refractivity contribution in [3.8, 4) is 0 Å². The summed E-state index contributed by atoms with van der Waals surface area (Å²) >= 11 is 1.55. The van der Waals surface area contributed by atoms with Crippen molar-refractivity contribution in [3.63, 3.8) is 0 Å². The van der Waals surface area contributed by atoms with Crippen LogP contribution in [0.15, 0.2) is 90.3 Å². The molecule has 39 heavy (non-hydrogen) atoms. The Labute approximate surface area is 235 Å². The number of thiazole rings is 1. The van der Waals surface area contributed by atoms with E-state index in [1.807, 2.05) is 22.4 Å². The molecule has 5 rings (SSSR count). The van der Waals surface area contributed by atoms with Gasteiger partial charge in [0.25, 0.3) is 5.91 Å². The minimum absolute atomic E-state index is 0.0442. The second-order valence-corrected chi connectivity index (χ2v) is 11.5. The number of benzene rings is 3. The number of hydrogen-bond donors (Lipinski definition) is 0. The molecule has 0 N–H and O–H groups in total. The van der Waals surface area contributed by atoms with Gasteiger partial charge in [-0.3, -0.25) is 9.69 Å². The molecule has 202 valence electrons. The van der Waals surface area contributed by atoms with Gasteiger partial charge in [-0.05, 0) is 60.5 Å². The van der Waals surface area contributed by atoms with Crippen molar-refractivity contribution in [1.82, 2.24) is 14.8 Å². The fourth-order valence-corrected chi connectivity index (χ4v) is 6.13. The Kier molecular flexibility index (Phi) is 9.17. The number of carbonyl (C=O) groups is 1. The first kappa shape index (κ1) is 27.2. The topological polar surface area (TPSA) is 36.4 Å². The largest absolute Gasteiger partial charge is 0.337 e. The molecule has 1 fully saturated rings. The number of hydrogen-bond acceptors (Lipinski definition) is 4. The Balaban J connectivity index is 1.32. The lowest BCUT2D eigenvalue weighted by Gasteiger charge is -2.29. The van der Waals surface area contributed by atoms with Crippen molar-refractivity contribution in [2.45, 2.75) is 45.2 Å². The third-order valence-electron chi connectivity index (χ3n) is 7.66. The van der Waals surface area contributed by atoms with E-state index in [1.165, 1.54) is 23.3 Å². The lowest BCUT2D eigenvalue weighted by atomic mass is 9.88. The summed E-state index contributed by atoms with van der Waals surface area (Å²) in [5.74, 6) is 0.755. The molecule has 0 bridgehead atoms. The number of nitrogens with zero attached hydrogens (tertiary/aromatic N) is 3. The Bertz CT molecular complexity index is 1280. The number of carbonyl (C=O) groups excluding carboxylic acids is 1. The van der Waals surface area contributed by atoms with E-state index < -0.39 is 0 Å². The molecule has 3 aromatic carbocycles. The van der Waals surface area contributed by atoms with Crippen LogP contribution in [0.3, 0.4) is 0 Å². The summed E-state index contributed by atoms with van der Waals surface area (Å²) < 4.78 is 13.6. The van der Waals surface area contributed by atoms with Gasteiger partial charge in [0, 0.05) is 30.9 Å². The normalized spacial score (nSPS) is 14.3. The Morgan fingerprint density at radius 3 is 2.18 bits per heavy atom. The van der Waals surface area contributed by atoms with Gasteiger partial charge in [0.2, 0.25) is 0 Å². The second kappa shape index (κ2) is 13.1. The molecule has 1 amide bonds. The molecular weight excluding hydrogens is 505 g/mol. The van der Waals surface area contributed by atoms with Crippen LogP contribution in [-0.2, 0) is 13.1 Å². The zero-order chi connectivity index (χ0) is 27.0. The van der Waals surface area contributed by atoms with Crippen molar-refractivity contribution in [2.24, 2.45) is 5.92 Å². The molecule has 0 atom stereocenters. The summed E-state index contributed by atoms with van der Waals surface area (Å²) in [6.45, 7) is 6.03. The minimum atomic E-state index is -0.228. The van der Waals surface area contributed by atoms with E-state index in [9.17, 15) is 9.18 Å². The van der Waals surface area contributed by atoms with Crippen LogP contribution in [0.5, 0.6) is 0 Å². The fraction of sp³-hybridized carbons (Fsp3) is 0.333. The summed E-state index contributed by atoms with van der Waals surface area (Å²) in [6, 6.07) is 28.0. The van der Waals surface area contributed by atoms with E-state index in [0.717, 1.165) is 49.5 Å². The Morgan fingerprint density at radius 2 is 1.56 bits per heavy atom. The molecule has 4 aromatic rings. The van der Waals surface area contributed by atoms with Crippen LogP contribution in [0.2, 0.25) is 0 Å². The third kappa shape index (κ3) is 7.40. The molecule has 0 unspecified atom stereocenters. The van der Waals surface area contributed by atoms with E-state index in [-0.39, 0.29) is 17.6 Å². The second-order valence-electron chi connectivity index (χ2n) is 10.6. The first-order valence-electron chi connectivity index (χ1n) is 13.9. The van der Waals surface area contributed by atoms with Crippen LogP contribution in [0.1, 0.15) is 64.3 Å². The molecule has 0 aliphatic carbocycles. The van der Waals surface area contributed by atoms with Gasteiger partial charge in [-0.2, -0.15) is 0 Å². The van der Waals surface area contributed by atoms with Crippen molar-refractivity contribution < 1.29 is 9.18 Å². The van der Waals surface area contributed by atoms with Gasteiger partial charge in [0.15, 0.2) is 0 Å². The van der Waals surface area contributed by atoms with Crippen LogP contribution in [-0.4, -0.2) is 40.3 Å². The van der Waals surface area contributed by atoms with E-state index in [1.54, 1.807) is 11.3 Å². The summed E-state index contributed by atoms with van der Waals surface area (Å²) in [4.78, 5) is 22.2. The van der Waals surface area contributed by atoms with Crippen molar-refractivity contribution in [3.05, 3.63) is 124 Å². The number of piperidine rings is 1. The maximum atomic E-state index is 13.6. The molecular formula is C33H36FN3OS. The highest BCUT2D eigenvalue weighted by Gasteiger charge is 2.24. The molecule has 0 saturated carbocycles. The van der Waals surface area contributed by atoms with Crippen molar-refractivity contribution >= 4 is 17.2 Å². The van der Waals surface area contributed by atoms with E-state index >= 15 is 0 Å². The summed E-state index contributed by atoms with van der Waals surface area (Å²) in [7, 11) is 0. The monoisotopic (exact) mass is 541 g/mol. The highest BCUT2D eigenvalue weighted by Crippen LogP contribution is 2.29. The van der Waals surface area contributed by atoms with E-state index in [4.69, 9.17) is 4.98 Å². The maximum absolute atomic E-state index is 13.6. The van der Waals surface area contributed by atoms with Crippen molar-refractivity contribution in [2.75, 3.05) is 19.6 Å². The summed E-state index contributed by atoms with van der Waals surface area (Å²) in [6.07, 6.45) is 3.04. The van der Waals surface area contributed by atoms with Gasteiger partial charge < -0.3 is 4.90 Å². The molecule has 0 spiro atoms. The van der Waals surface area contributed by atoms with Gasteiger partial charge in [-0.25, -0.2) is 9.37 Å². The maximum Gasteiger partial charge on any atom is 0.273 e. The van der Waals surface area contributed by atoms with Gasteiger partial charge in [-0.15, -0.1) is 11.3 Å². The van der Waals surface area contributed by atoms with Crippen LogP contribution < -0.4 is 0 Å². The van der Waals surface area contributed by atoms with Crippen LogP contribution >= 0.6 is 11.3 Å². The minimum Gasteiger partial charge on any atom is -0.337 e. The predicted molar refractivity (Wildman–Crippen MR) is 156 cm³/mol. The zero-order valence-corrected chi connectivity index (χ0v) is 23.3. The van der Waals surface area contributed by atoms with E-state index in [0.29, 0.717) is 24.7 Å². The number of aromatic nitrogens is 1. The van der Waals surface area contributed by atoms with E-state index in [2.05, 4.69) is 72.5 Å². The SMILES string of the molecule is CC1CCN(C(=O)c2csc(CN(CCC(c3ccccc3)c3ccccc3)Cc3ccc(F)cc3)n2)CC1. The summed E-state index contributed by atoms with van der Waals surface area (Å²) in [5, 5.41) is 2.84. The molecule has 2 heterocycles. The molecule has 4 nitrogen and oxygen atoms in total. The summed E-state index contributed by atoms with van der Waals surface area (Å²) in [5.41, 5.74) is 4.20. The first-order chi connectivity index (χ1) is 19.0. The average Bonchev–Trinajstić information content (AvgIpc) is 3.44. The van der Waals surface area contributed by atoms with Gasteiger partial charge in [0.05, 0.1) is 6.54 Å². The molecule has 0 radical (unpaired) electrons. The van der Waals surface area contributed by atoms with Gasteiger partial charge in [-0.1, -0.05) is 79.7 Å². The first-order valence-corrected chi connectivity index (χ1v) is 14.7. The number of amides is 1. The lowest BCUT2D eigenvalue weighted by molar-refractivity contribution is 0.0691. The van der Waals surface area contributed by atoms with Gasteiger partial charge in [0.1, 0.15) is 16.5 Å². The Hall–Kier alpha value is -3.35. The lowest BCUT2D eigenvalue weighted by Crippen LogP contribution is -2.38. The van der Waals surface area contributed by atoms with Crippen LogP contribution in [0, 0.1) is 11.7 Å². The standard InChI is InChI=1S/C33H36FN3OS/c1-25-16-20-37(21-17-25)33(38)31-24-39-32(35-31)23-36(22-26-12-14-29(34)15-13-26)19-18-30(27-8-4-2-5-9-27)28-10-6-3-7-11-28/h2-15,24-25,30H,16-23H2,1H3. The number of likely N-dealkylation sites (tertiary alicyclic amines) is 1. The molecule has 1 aliphatic rings. The molecule has 1 aromatic heterocycles. The molecule has 1 saturated heterocycles. The molecule has 6 heteroatoms. The molecule has 1 aliphatic heterocycles.